The Bertz CT molecular complexity index is 1360. The van der Waals surface area contributed by atoms with Crippen molar-refractivity contribution in [3.8, 4) is 5.75 Å². The largest absolute Gasteiger partial charge is 0.494 e. The number of anilines is 1. The summed E-state index contributed by atoms with van der Waals surface area (Å²) in [6.07, 6.45) is 1.12. The first-order chi connectivity index (χ1) is 17.6. The Balaban J connectivity index is 1.08. The molecule has 7 nitrogen and oxygen atoms in total. The van der Waals surface area contributed by atoms with Gasteiger partial charge in [-0.1, -0.05) is 6.07 Å². The van der Waals surface area contributed by atoms with Gasteiger partial charge in [-0.2, -0.15) is 0 Å². The normalized spacial score (nSPS) is 15.6. The molecule has 0 saturated carbocycles. The van der Waals surface area contributed by atoms with Crippen molar-refractivity contribution in [2.45, 2.75) is 32.8 Å². The number of rotatable bonds is 10. The van der Waals surface area contributed by atoms with Crippen LogP contribution in [0.2, 0.25) is 0 Å². The molecule has 8 heteroatoms. The summed E-state index contributed by atoms with van der Waals surface area (Å²) in [7, 11) is 0. The van der Waals surface area contributed by atoms with E-state index < -0.39 is 6.29 Å². The Hall–Kier alpha value is -2.91. The Morgan fingerprint density at radius 2 is 1.86 bits per heavy atom. The van der Waals surface area contributed by atoms with Crippen LogP contribution in [-0.4, -0.2) is 60.2 Å². The Morgan fingerprint density at radius 3 is 2.69 bits per heavy atom. The number of aliphatic hydroxyl groups is 1. The van der Waals surface area contributed by atoms with Crippen LogP contribution in [0.1, 0.15) is 19.8 Å². The van der Waals surface area contributed by atoms with Gasteiger partial charge < -0.3 is 19.5 Å². The molecule has 2 aromatic heterocycles. The number of aromatic nitrogens is 1. The van der Waals surface area contributed by atoms with Crippen LogP contribution in [0.25, 0.3) is 21.0 Å². The lowest BCUT2D eigenvalue weighted by molar-refractivity contribution is -0.112. The molecule has 5 rings (SSSR count). The van der Waals surface area contributed by atoms with Gasteiger partial charge in [-0.3, -0.25) is 14.3 Å². The highest BCUT2D eigenvalue weighted by Gasteiger charge is 2.18. The van der Waals surface area contributed by atoms with E-state index in [1.54, 1.807) is 17.4 Å². The Labute approximate surface area is 215 Å². The third-order valence-electron chi connectivity index (χ3n) is 6.73. The molecule has 0 radical (unpaired) electrons. The van der Waals surface area contributed by atoms with Crippen LogP contribution >= 0.6 is 11.3 Å². The van der Waals surface area contributed by atoms with Gasteiger partial charge in [0, 0.05) is 54.1 Å². The number of ether oxygens (including phenoxy) is 2. The number of nitrogens with zero attached hydrogens (tertiary/aromatic N) is 3. The molecule has 0 aliphatic carbocycles. The van der Waals surface area contributed by atoms with Gasteiger partial charge in [0.05, 0.1) is 12.1 Å². The van der Waals surface area contributed by atoms with Gasteiger partial charge in [-0.25, -0.2) is 0 Å². The van der Waals surface area contributed by atoms with E-state index in [0.29, 0.717) is 6.61 Å². The van der Waals surface area contributed by atoms with Gasteiger partial charge >= 0.3 is 0 Å². The molecule has 1 N–H and O–H groups in total. The predicted octanol–water partition coefficient (Wildman–Crippen LogP) is 4.51. The molecule has 4 aromatic rings. The summed E-state index contributed by atoms with van der Waals surface area (Å²) >= 11 is 1.81. The molecule has 1 aliphatic heterocycles. The van der Waals surface area contributed by atoms with E-state index in [4.69, 9.17) is 9.47 Å². The zero-order valence-electron chi connectivity index (χ0n) is 20.6. The van der Waals surface area contributed by atoms with Gasteiger partial charge in [0.25, 0.3) is 5.56 Å². The van der Waals surface area contributed by atoms with Crippen LogP contribution in [0, 0.1) is 0 Å². The third-order valence-corrected chi connectivity index (χ3v) is 7.61. The Kier molecular flexibility index (Phi) is 7.87. The summed E-state index contributed by atoms with van der Waals surface area (Å²) in [5.41, 5.74) is 1.92. The minimum Gasteiger partial charge on any atom is -0.494 e. The van der Waals surface area contributed by atoms with Crippen LogP contribution < -0.4 is 15.2 Å². The second-order valence-electron chi connectivity index (χ2n) is 9.21. The zero-order valence-corrected chi connectivity index (χ0v) is 21.5. The maximum Gasteiger partial charge on any atom is 0.252 e. The van der Waals surface area contributed by atoms with Crippen LogP contribution in [0.4, 0.5) is 5.69 Å². The second-order valence-corrected chi connectivity index (χ2v) is 10.2. The summed E-state index contributed by atoms with van der Waals surface area (Å²) in [6.45, 7) is 7.51. The number of hydrogen-bond donors (Lipinski definition) is 1. The standard InChI is InChI=1S/C28H33N3O4S/c1-21(32)35-20-31-26-19-23(9-7-22(26)8-10-28(31)33)34-17-3-2-12-29-13-15-30(16-14-29)25-5-4-6-27-24(25)11-18-36-27/h4-11,18-19,21,32H,2-3,12-17,20H2,1H3. The third kappa shape index (κ3) is 5.73. The van der Waals surface area contributed by atoms with Crippen LogP contribution in [0.15, 0.2) is 64.8 Å². The van der Waals surface area contributed by atoms with Crippen LogP contribution in [-0.2, 0) is 11.5 Å². The minimum absolute atomic E-state index is 0.00698. The maximum atomic E-state index is 12.3. The van der Waals surface area contributed by atoms with E-state index in [2.05, 4.69) is 39.4 Å². The second kappa shape index (κ2) is 11.4. The molecule has 1 saturated heterocycles. The number of unbranched alkanes of at least 4 members (excludes halogenated alkanes) is 1. The fraction of sp³-hybridized carbons (Fsp3) is 0.393. The van der Waals surface area contributed by atoms with Gasteiger partial charge in [0.1, 0.15) is 12.5 Å². The monoisotopic (exact) mass is 507 g/mol. The average Bonchev–Trinajstić information content (AvgIpc) is 3.37. The summed E-state index contributed by atoms with van der Waals surface area (Å²) in [5, 5.41) is 13.9. The number of benzene rings is 2. The van der Waals surface area contributed by atoms with Crippen molar-refractivity contribution in [1.29, 1.82) is 0 Å². The van der Waals surface area contributed by atoms with Crippen molar-refractivity contribution in [2.24, 2.45) is 0 Å². The number of thiophene rings is 1. The summed E-state index contributed by atoms with van der Waals surface area (Å²) < 4.78 is 14.1. The van der Waals surface area contributed by atoms with Crippen LogP contribution in [0.3, 0.4) is 0 Å². The van der Waals surface area contributed by atoms with Crippen LogP contribution in [0.5, 0.6) is 5.75 Å². The van der Waals surface area contributed by atoms with Crippen molar-refractivity contribution >= 4 is 38.0 Å². The number of pyridine rings is 1. The van der Waals surface area contributed by atoms with Crippen molar-refractivity contribution < 1.29 is 14.6 Å². The highest BCUT2D eigenvalue weighted by molar-refractivity contribution is 7.17. The van der Waals surface area contributed by atoms with Crippen molar-refractivity contribution in [1.82, 2.24) is 9.47 Å². The number of hydrogen-bond acceptors (Lipinski definition) is 7. The summed E-state index contributed by atoms with van der Waals surface area (Å²) in [6, 6.07) is 17.9. The van der Waals surface area contributed by atoms with Crippen molar-refractivity contribution in [3.63, 3.8) is 0 Å². The highest BCUT2D eigenvalue weighted by Crippen LogP contribution is 2.31. The summed E-state index contributed by atoms with van der Waals surface area (Å²) in [5.74, 6) is 0.732. The molecule has 3 heterocycles. The molecule has 2 aromatic carbocycles. The van der Waals surface area contributed by atoms with E-state index in [1.807, 2.05) is 18.2 Å². The lowest BCUT2D eigenvalue weighted by atomic mass is 10.2. The van der Waals surface area contributed by atoms with E-state index >= 15 is 0 Å². The topological polar surface area (TPSA) is 67.2 Å². The van der Waals surface area contributed by atoms with Crippen molar-refractivity contribution in [2.75, 3.05) is 44.2 Å². The van der Waals surface area contributed by atoms with Gasteiger partial charge in [-0.15, -0.1) is 11.3 Å². The maximum absolute atomic E-state index is 12.3. The first-order valence-electron chi connectivity index (χ1n) is 12.6. The SMILES string of the molecule is CC(O)OCn1c(=O)ccc2ccc(OCCCCN3CCN(c4cccc5sccc45)CC3)cc21. The number of piperazine rings is 1. The first kappa shape index (κ1) is 24.8. The Morgan fingerprint density at radius 1 is 1.03 bits per heavy atom. The fourth-order valence-corrected chi connectivity index (χ4v) is 5.57. The average molecular weight is 508 g/mol. The molecule has 0 spiro atoms. The lowest BCUT2D eigenvalue weighted by Crippen LogP contribution is -2.46. The molecule has 190 valence electrons. The fourth-order valence-electron chi connectivity index (χ4n) is 4.77. The molecule has 1 atom stereocenters. The zero-order chi connectivity index (χ0) is 24.9. The smallest absolute Gasteiger partial charge is 0.252 e. The van der Waals surface area contributed by atoms with Gasteiger partial charge in [-0.05, 0) is 73.5 Å². The highest BCUT2D eigenvalue weighted by atomic mass is 32.1. The molecular formula is C28H33N3O4S. The molecule has 1 aliphatic rings. The first-order valence-corrected chi connectivity index (χ1v) is 13.5. The molecule has 1 unspecified atom stereocenters. The predicted molar refractivity (Wildman–Crippen MR) is 146 cm³/mol. The molecule has 0 bridgehead atoms. The van der Waals surface area contributed by atoms with E-state index in [-0.39, 0.29) is 12.3 Å². The van der Waals surface area contributed by atoms with E-state index in [1.165, 1.54) is 33.3 Å². The molecule has 1 fully saturated rings. The molecular weight excluding hydrogens is 474 g/mol. The number of fused-ring (bicyclic) bond motifs is 2. The van der Waals surface area contributed by atoms with Crippen molar-refractivity contribution in [3.05, 3.63) is 70.3 Å². The van der Waals surface area contributed by atoms with E-state index in [9.17, 15) is 9.90 Å². The van der Waals surface area contributed by atoms with Gasteiger partial charge in [0.2, 0.25) is 0 Å². The summed E-state index contributed by atoms with van der Waals surface area (Å²) in [4.78, 5) is 17.4. The quantitative estimate of drug-likeness (QED) is 0.252. The molecule has 0 amide bonds. The number of aliphatic hydroxyl groups excluding tert-OH is 1. The van der Waals surface area contributed by atoms with Gasteiger partial charge in [0.15, 0.2) is 6.29 Å². The molecule has 36 heavy (non-hydrogen) atoms. The lowest BCUT2D eigenvalue weighted by Gasteiger charge is -2.36. The van der Waals surface area contributed by atoms with E-state index in [0.717, 1.165) is 62.2 Å². The minimum atomic E-state index is -0.940.